The van der Waals surface area contributed by atoms with Crippen LogP contribution in [0, 0.1) is 0 Å². The van der Waals surface area contributed by atoms with Crippen LogP contribution >= 0.6 is 12.4 Å². The third-order valence-corrected chi connectivity index (χ3v) is 2.74. The molecule has 1 aromatic rings. The van der Waals surface area contributed by atoms with Crippen LogP contribution in [0.3, 0.4) is 0 Å². The molecule has 0 heterocycles. The van der Waals surface area contributed by atoms with Crippen LogP contribution in [-0.2, 0) is 4.79 Å². The highest BCUT2D eigenvalue weighted by Crippen LogP contribution is 2.30. The van der Waals surface area contributed by atoms with Crippen LogP contribution in [0.2, 0.25) is 0 Å². The number of aliphatic carboxylic acids is 1. The number of carboxylic acids is 1. The zero-order valence-corrected chi connectivity index (χ0v) is 11.9. The predicted molar refractivity (Wildman–Crippen MR) is 75.2 cm³/mol. The highest BCUT2D eigenvalue weighted by Gasteiger charge is 2.11. The number of methoxy groups -OCH3 is 2. The molecule has 1 rings (SSSR count). The monoisotopic (exact) mass is 289 g/mol. The molecule has 0 aliphatic heterocycles. The summed E-state index contributed by atoms with van der Waals surface area (Å²) in [5, 5.41) is 8.57. The Balaban J connectivity index is 0.00000324. The van der Waals surface area contributed by atoms with Crippen molar-refractivity contribution in [2.24, 2.45) is 5.73 Å². The maximum atomic E-state index is 10.4. The van der Waals surface area contributed by atoms with E-state index in [1.54, 1.807) is 20.3 Å². The Kier molecular flexibility index (Phi) is 7.95. The highest BCUT2D eigenvalue weighted by molar-refractivity contribution is 5.85. The smallest absolute Gasteiger partial charge is 0.303 e. The molecule has 0 radical (unpaired) electrons. The zero-order chi connectivity index (χ0) is 13.5. The number of benzene rings is 1. The van der Waals surface area contributed by atoms with E-state index in [0.29, 0.717) is 24.3 Å². The quantitative estimate of drug-likeness (QED) is 0.805. The lowest BCUT2D eigenvalue weighted by molar-refractivity contribution is -0.137. The number of carbonyl (C=O) groups is 1. The molecule has 0 aromatic heterocycles. The first-order valence-corrected chi connectivity index (χ1v) is 5.77. The molecular formula is C13H20ClNO4. The Morgan fingerprint density at radius 1 is 1.32 bits per heavy atom. The van der Waals surface area contributed by atoms with Gasteiger partial charge in [0, 0.05) is 12.5 Å². The third kappa shape index (κ3) is 5.36. The van der Waals surface area contributed by atoms with Crippen molar-refractivity contribution in [3.63, 3.8) is 0 Å². The second-order valence-electron chi connectivity index (χ2n) is 4.01. The molecule has 0 fully saturated rings. The first-order valence-electron chi connectivity index (χ1n) is 5.77. The average molecular weight is 290 g/mol. The molecule has 1 aromatic carbocycles. The topological polar surface area (TPSA) is 81.8 Å². The highest BCUT2D eigenvalue weighted by atomic mass is 35.5. The van der Waals surface area contributed by atoms with Gasteiger partial charge in [0.25, 0.3) is 0 Å². The van der Waals surface area contributed by atoms with Gasteiger partial charge in [0.05, 0.1) is 14.2 Å². The van der Waals surface area contributed by atoms with E-state index in [9.17, 15) is 4.79 Å². The molecule has 0 amide bonds. The second kappa shape index (κ2) is 8.61. The molecule has 0 saturated carbocycles. The van der Waals surface area contributed by atoms with Crippen LogP contribution in [0.4, 0.5) is 0 Å². The summed E-state index contributed by atoms with van der Waals surface area (Å²) in [6.45, 7) is 0. The van der Waals surface area contributed by atoms with Gasteiger partial charge in [0.1, 0.15) is 0 Å². The molecule has 1 unspecified atom stereocenters. The molecule has 6 heteroatoms. The van der Waals surface area contributed by atoms with Crippen LogP contribution < -0.4 is 15.2 Å². The normalized spacial score (nSPS) is 11.3. The van der Waals surface area contributed by atoms with Gasteiger partial charge >= 0.3 is 5.97 Å². The number of rotatable bonds is 7. The lowest BCUT2D eigenvalue weighted by atomic mass is 10.0. The van der Waals surface area contributed by atoms with E-state index < -0.39 is 5.97 Å². The Bertz CT molecular complexity index is 412. The van der Waals surface area contributed by atoms with Crippen LogP contribution in [-0.4, -0.2) is 25.3 Å². The Morgan fingerprint density at radius 2 is 1.95 bits per heavy atom. The van der Waals surface area contributed by atoms with Crippen LogP contribution in [0.25, 0.3) is 0 Å². The van der Waals surface area contributed by atoms with Gasteiger partial charge in [-0.25, -0.2) is 0 Å². The maximum absolute atomic E-state index is 10.4. The molecule has 0 saturated heterocycles. The van der Waals surface area contributed by atoms with Crippen molar-refractivity contribution < 1.29 is 19.4 Å². The third-order valence-electron chi connectivity index (χ3n) is 2.74. The van der Waals surface area contributed by atoms with Gasteiger partial charge < -0.3 is 20.3 Å². The summed E-state index contributed by atoms with van der Waals surface area (Å²) in [6, 6.07) is 5.30. The SMILES string of the molecule is COc1ccc(C(N)CCCC(=O)O)cc1OC.Cl. The first-order chi connectivity index (χ1) is 8.58. The van der Waals surface area contributed by atoms with Crippen molar-refractivity contribution >= 4 is 18.4 Å². The number of halogens is 1. The van der Waals surface area contributed by atoms with E-state index in [2.05, 4.69) is 0 Å². The van der Waals surface area contributed by atoms with Gasteiger partial charge in [-0.15, -0.1) is 12.4 Å². The zero-order valence-electron chi connectivity index (χ0n) is 11.1. The van der Waals surface area contributed by atoms with E-state index in [0.717, 1.165) is 5.56 Å². The number of ether oxygens (including phenoxy) is 2. The Morgan fingerprint density at radius 3 is 2.47 bits per heavy atom. The summed E-state index contributed by atoms with van der Waals surface area (Å²) in [7, 11) is 3.14. The average Bonchev–Trinajstić information content (AvgIpc) is 2.37. The minimum Gasteiger partial charge on any atom is -0.493 e. The lowest BCUT2D eigenvalue weighted by Gasteiger charge is -2.14. The number of hydrogen-bond acceptors (Lipinski definition) is 4. The number of hydrogen-bond donors (Lipinski definition) is 2. The fourth-order valence-electron chi connectivity index (χ4n) is 1.72. The number of nitrogens with two attached hydrogens (primary N) is 1. The van der Waals surface area contributed by atoms with Crippen molar-refractivity contribution in [2.45, 2.75) is 25.3 Å². The summed E-state index contributed by atoms with van der Waals surface area (Å²) >= 11 is 0. The summed E-state index contributed by atoms with van der Waals surface area (Å²) in [5.41, 5.74) is 6.92. The van der Waals surface area contributed by atoms with E-state index in [1.807, 2.05) is 12.1 Å². The van der Waals surface area contributed by atoms with Gasteiger partial charge in [0.2, 0.25) is 0 Å². The fourth-order valence-corrected chi connectivity index (χ4v) is 1.72. The molecular weight excluding hydrogens is 270 g/mol. The minimum absolute atomic E-state index is 0. The predicted octanol–water partition coefficient (Wildman–Crippen LogP) is 2.38. The van der Waals surface area contributed by atoms with Crippen molar-refractivity contribution in [1.29, 1.82) is 0 Å². The summed E-state index contributed by atoms with van der Waals surface area (Å²) < 4.78 is 10.3. The maximum Gasteiger partial charge on any atom is 0.303 e. The molecule has 0 bridgehead atoms. The Hall–Kier alpha value is -1.46. The molecule has 108 valence electrons. The van der Waals surface area contributed by atoms with Crippen LogP contribution in [0.1, 0.15) is 30.9 Å². The first kappa shape index (κ1) is 17.5. The largest absolute Gasteiger partial charge is 0.493 e. The molecule has 5 nitrogen and oxygen atoms in total. The Labute approximate surface area is 119 Å². The van der Waals surface area contributed by atoms with Gasteiger partial charge in [-0.3, -0.25) is 4.79 Å². The molecule has 3 N–H and O–H groups in total. The van der Waals surface area contributed by atoms with E-state index in [-0.39, 0.29) is 24.9 Å². The van der Waals surface area contributed by atoms with Gasteiger partial charge in [-0.2, -0.15) is 0 Å². The minimum atomic E-state index is -0.797. The molecule has 0 aliphatic rings. The van der Waals surface area contributed by atoms with Gasteiger partial charge in [0.15, 0.2) is 11.5 Å². The van der Waals surface area contributed by atoms with E-state index in [4.69, 9.17) is 20.3 Å². The number of carboxylic acid groups (broad SMARTS) is 1. The second-order valence-corrected chi connectivity index (χ2v) is 4.01. The van der Waals surface area contributed by atoms with E-state index >= 15 is 0 Å². The van der Waals surface area contributed by atoms with Crippen molar-refractivity contribution in [3.8, 4) is 11.5 Å². The summed E-state index contributed by atoms with van der Waals surface area (Å²) in [6.07, 6.45) is 1.33. The molecule has 1 atom stereocenters. The van der Waals surface area contributed by atoms with Crippen molar-refractivity contribution in [3.05, 3.63) is 23.8 Å². The van der Waals surface area contributed by atoms with Gasteiger partial charge in [-0.05, 0) is 30.5 Å². The lowest BCUT2D eigenvalue weighted by Crippen LogP contribution is -2.11. The standard InChI is InChI=1S/C13H19NO4.ClH/c1-17-11-7-6-9(8-12(11)18-2)10(14)4-3-5-13(15)16;/h6-8,10H,3-5,14H2,1-2H3,(H,15,16);1H. The van der Waals surface area contributed by atoms with Crippen LogP contribution in [0.15, 0.2) is 18.2 Å². The summed E-state index contributed by atoms with van der Waals surface area (Å²) in [5.74, 6) is 0.484. The van der Waals surface area contributed by atoms with Crippen molar-refractivity contribution in [1.82, 2.24) is 0 Å². The summed E-state index contributed by atoms with van der Waals surface area (Å²) in [4.78, 5) is 10.4. The van der Waals surface area contributed by atoms with Crippen LogP contribution in [0.5, 0.6) is 11.5 Å². The fraction of sp³-hybridized carbons (Fsp3) is 0.462. The van der Waals surface area contributed by atoms with Crippen molar-refractivity contribution in [2.75, 3.05) is 14.2 Å². The van der Waals surface area contributed by atoms with Gasteiger partial charge in [-0.1, -0.05) is 6.07 Å². The molecule has 0 spiro atoms. The molecule has 19 heavy (non-hydrogen) atoms. The molecule has 0 aliphatic carbocycles. The van der Waals surface area contributed by atoms with E-state index in [1.165, 1.54) is 0 Å².